The number of halogens is 3. The zero-order valence-electron chi connectivity index (χ0n) is 13.2. The molecule has 9 heteroatoms. The lowest BCUT2D eigenvalue weighted by Gasteiger charge is -2.13. The molecular weight excluding hydrogens is 339 g/mol. The van der Waals surface area contributed by atoms with Gasteiger partial charge in [0.1, 0.15) is 6.10 Å². The molecule has 0 spiro atoms. The molecule has 1 aromatic carbocycles. The highest BCUT2D eigenvalue weighted by Crippen LogP contribution is 2.29. The van der Waals surface area contributed by atoms with Gasteiger partial charge < -0.3 is 20.3 Å². The van der Waals surface area contributed by atoms with Crippen LogP contribution in [0.4, 0.5) is 18.9 Å². The second-order valence-corrected chi connectivity index (χ2v) is 5.30. The van der Waals surface area contributed by atoms with Gasteiger partial charge in [0, 0.05) is 31.2 Å². The molecule has 2 rings (SSSR count). The Morgan fingerprint density at radius 3 is 2.32 bits per heavy atom. The van der Waals surface area contributed by atoms with Crippen molar-refractivity contribution < 1.29 is 27.9 Å². The van der Waals surface area contributed by atoms with E-state index in [0.29, 0.717) is 5.69 Å². The number of carbonyl (C=O) groups excluding carboxylic acids is 2. The van der Waals surface area contributed by atoms with Crippen molar-refractivity contribution in [3.05, 3.63) is 53.9 Å². The van der Waals surface area contributed by atoms with Gasteiger partial charge in [-0.2, -0.15) is 13.2 Å². The topological polar surface area (TPSA) is 83.4 Å². The Morgan fingerprint density at radius 2 is 1.80 bits per heavy atom. The first-order valence-corrected chi connectivity index (χ1v) is 7.24. The summed E-state index contributed by atoms with van der Waals surface area (Å²) >= 11 is 0. The van der Waals surface area contributed by atoms with E-state index in [1.165, 1.54) is 0 Å². The second kappa shape index (κ2) is 7.39. The Bertz CT molecular complexity index is 754. The third-order valence-corrected chi connectivity index (χ3v) is 3.46. The number of alkyl halides is 3. The summed E-state index contributed by atoms with van der Waals surface area (Å²) in [6, 6.07) is 7.08. The van der Waals surface area contributed by atoms with Gasteiger partial charge in [-0.1, -0.05) is 0 Å². The van der Waals surface area contributed by atoms with E-state index in [2.05, 4.69) is 10.6 Å². The Morgan fingerprint density at radius 1 is 1.16 bits per heavy atom. The van der Waals surface area contributed by atoms with Crippen LogP contribution in [0.25, 0.3) is 0 Å². The van der Waals surface area contributed by atoms with Gasteiger partial charge in [-0.25, -0.2) is 0 Å². The van der Waals surface area contributed by atoms with E-state index in [9.17, 15) is 27.9 Å². The van der Waals surface area contributed by atoms with E-state index >= 15 is 0 Å². The lowest BCUT2D eigenvalue weighted by molar-refractivity contribution is -0.137. The second-order valence-electron chi connectivity index (χ2n) is 5.30. The largest absolute Gasteiger partial charge is 0.416 e. The maximum Gasteiger partial charge on any atom is 0.416 e. The molecule has 134 valence electrons. The molecule has 2 aromatic rings. The molecule has 0 radical (unpaired) electrons. The molecule has 0 aliphatic rings. The molecule has 0 saturated carbocycles. The third kappa shape index (κ3) is 4.83. The first-order valence-electron chi connectivity index (χ1n) is 7.24. The number of amides is 2. The number of benzene rings is 1. The molecule has 3 N–H and O–H groups in total. The fourth-order valence-corrected chi connectivity index (χ4v) is 2.13. The van der Waals surface area contributed by atoms with Crippen molar-refractivity contribution in [2.45, 2.75) is 12.3 Å². The van der Waals surface area contributed by atoms with Crippen molar-refractivity contribution in [2.75, 3.05) is 11.9 Å². The number of hydrogen-bond acceptors (Lipinski definition) is 3. The number of aryl methyl sites for hydroxylation is 1. The molecule has 2 amide bonds. The van der Waals surface area contributed by atoms with Crippen molar-refractivity contribution in [3.63, 3.8) is 0 Å². The predicted molar refractivity (Wildman–Crippen MR) is 83.5 cm³/mol. The first kappa shape index (κ1) is 18.5. The summed E-state index contributed by atoms with van der Waals surface area (Å²) in [6.07, 6.45) is -3.76. The van der Waals surface area contributed by atoms with Crippen LogP contribution in [0.2, 0.25) is 0 Å². The van der Waals surface area contributed by atoms with Crippen molar-refractivity contribution in [2.24, 2.45) is 7.05 Å². The van der Waals surface area contributed by atoms with Crippen molar-refractivity contribution in [1.82, 2.24) is 9.88 Å². The van der Waals surface area contributed by atoms with Gasteiger partial charge in [-0.15, -0.1) is 0 Å². The van der Waals surface area contributed by atoms with Crippen LogP contribution in [-0.2, 0) is 22.8 Å². The minimum absolute atomic E-state index is 0.0520. The first-order chi connectivity index (χ1) is 11.7. The molecule has 1 atom stereocenters. The lowest BCUT2D eigenvalue weighted by atomic mass is 10.2. The number of rotatable bonds is 4. The number of aliphatic hydroxyl groups is 1. The minimum Gasteiger partial charge on any atom is -0.385 e. The number of anilines is 1. The smallest absolute Gasteiger partial charge is 0.385 e. The molecule has 0 bridgehead atoms. The van der Waals surface area contributed by atoms with Gasteiger partial charge in [-0.3, -0.25) is 9.59 Å². The highest BCUT2D eigenvalue weighted by atomic mass is 19.4. The average molecular weight is 355 g/mol. The molecule has 0 fully saturated rings. The van der Waals surface area contributed by atoms with E-state index in [-0.39, 0.29) is 12.2 Å². The van der Waals surface area contributed by atoms with Crippen molar-refractivity contribution in [1.29, 1.82) is 0 Å². The summed E-state index contributed by atoms with van der Waals surface area (Å²) in [6.45, 7) is -0.183. The van der Waals surface area contributed by atoms with Crippen LogP contribution >= 0.6 is 0 Å². The summed E-state index contributed by atoms with van der Waals surface area (Å²) in [5, 5.41) is 14.4. The van der Waals surface area contributed by atoms with E-state index in [1.54, 1.807) is 29.9 Å². The maximum atomic E-state index is 12.5. The summed E-state index contributed by atoms with van der Waals surface area (Å²) < 4.78 is 39.0. The number of aromatic nitrogens is 1. The predicted octanol–water partition coefficient (Wildman–Crippen LogP) is 1.83. The highest BCUT2D eigenvalue weighted by Gasteiger charge is 2.30. The van der Waals surface area contributed by atoms with Crippen LogP contribution in [0.1, 0.15) is 17.4 Å². The monoisotopic (exact) mass is 355 g/mol. The Labute approximate surface area is 141 Å². The van der Waals surface area contributed by atoms with E-state index < -0.39 is 29.7 Å². The van der Waals surface area contributed by atoms with Gasteiger partial charge in [0.15, 0.2) is 0 Å². The average Bonchev–Trinajstić information content (AvgIpc) is 2.98. The summed E-state index contributed by atoms with van der Waals surface area (Å²) in [5.74, 6) is -2.05. The van der Waals surface area contributed by atoms with Gasteiger partial charge in [-0.05, 0) is 36.4 Å². The summed E-state index contributed by atoms with van der Waals surface area (Å²) in [5.41, 5.74) is -0.250. The number of hydrogen-bond donors (Lipinski definition) is 3. The van der Waals surface area contributed by atoms with Crippen LogP contribution in [0.15, 0.2) is 42.6 Å². The van der Waals surface area contributed by atoms with Crippen LogP contribution < -0.4 is 10.6 Å². The van der Waals surface area contributed by atoms with Crippen molar-refractivity contribution >= 4 is 17.5 Å². The maximum absolute atomic E-state index is 12.5. The molecular formula is C16H16F3N3O3. The molecule has 6 nitrogen and oxygen atoms in total. The summed E-state index contributed by atoms with van der Waals surface area (Å²) in [7, 11) is 1.72. The lowest BCUT2D eigenvalue weighted by Crippen LogP contribution is -2.37. The number of aliphatic hydroxyl groups excluding tert-OH is 1. The molecule has 25 heavy (non-hydrogen) atoms. The SMILES string of the molecule is Cn1cccc1[C@H](O)CNC(=O)C(=O)Nc1ccc(C(F)(F)F)cc1. The molecule has 1 heterocycles. The molecule has 0 aliphatic heterocycles. The molecule has 1 aromatic heterocycles. The third-order valence-electron chi connectivity index (χ3n) is 3.46. The van der Waals surface area contributed by atoms with Gasteiger partial charge >= 0.3 is 18.0 Å². The Balaban J connectivity index is 1.88. The van der Waals surface area contributed by atoms with Gasteiger partial charge in [0.05, 0.1) is 5.56 Å². The van der Waals surface area contributed by atoms with E-state index in [0.717, 1.165) is 24.3 Å². The van der Waals surface area contributed by atoms with Gasteiger partial charge in [0.2, 0.25) is 0 Å². The zero-order chi connectivity index (χ0) is 18.6. The molecule has 0 unspecified atom stereocenters. The van der Waals surface area contributed by atoms with Gasteiger partial charge in [0.25, 0.3) is 0 Å². The minimum atomic E-state index is -4.48. The quantitative estimate of drug-likeness (QED) is 0.732. The van der Waals surface area contributed by atoms with Crippen LogP contribution in [-0.4, -0.2) is 28.0 Å². The van der Waals surface area contributed by atoms with Crippen LogP contribution in [0.5, 0.6) is 0 Å². The van der Waals surface area contributed by atoms with Crippen molar-refractivity contribution in [3.8, 4) is 0 Å². The Hall–Kier alpha value is -2.81. The molecule has 0 saturated heterocycles. The van der Waals surface area contributed by atoms with E-state index in [1.807, 2.05) is 0 Å². The van der Waals surface area contributed by atoms with E-state index in [4.69, 9.17) is 0 Å². The van der Waals surface area contributed by atoms with Crippen LogP contribution in [0.3, 0.4) is 0 Å². The standard InChI is InChI=1S/C16H16F3N3O3/c1-22-8-2-3-12(22)13(23)9-20-14(24)15(25)21-11-6-4-10(5-7-11)16(17,18)19/h2-8,13,23H,9H2,1H3,(H,20,24)(H,21,25)/t13-/m1/s1. The summed E-state index contributed by atoms with van der Waals surface area (Å²) in [4.78, 5) is 23.4. The normalized spacial score (nSPS) is 12.5. The number of nitrogens with one attached hydrogen (secondary N) is 2. The molecule has 0 aliphatic carbocycles. The highest BCUT2D eigenvalue weighted by molar-refractivity contribution is 6.39. The zero-order valence-corrected chi connectivity index (χ0v) is 13.2. The number of carbonyl (C=O) groups is 2. The van der Waals surface area contributed by atoms with Crippen LogP contribution in [0, 0.1) is 0 Å². The fourth-order valence-electron chi connectivity index (χ4n) is 2.13. The fraction of sp³-hybridized carbons (Fsp3) is 0.250. The Kier molecular flexibility index (Phi) is 5.48. The number of nitrogens with zero attached hydrogens (tertiary/aromatic N) is 1.